The highest BCUT2D eigenvalue weighted by Crippen LogP contribution is 2.25. The number of rotatable bonds is 4. The van der Waals surface area contributed by atoms with Crippen LogP contribution in [0.25, 0.3) is 0 Å². The number of carbonyl (C=O) groups is 1. The summed E-state index contributed by atoms with van der Waals surface area (Å²) in [6, 6.07) is 14.6. The van der Waals surface area contributed by atoms with Gasteiger partial charge in [0, 0.05) is 26.2 Å². The number of ether oxygens (including phenoxy) is 1. The lowest BCUT2D eigenvalue weighted by atomic mass is 10.1. The molecular formula is C20H24N2O4S. The van der Waals surface area contributed by atoms with Gasteiger partial charge in [-0.2, -0.15) is 0 Å². The summed E-state index contributed by atoms with van der Waals surface area (Å²) in [4.78, 5) is 14.9. The van der Waals surface area contributed by atoms with E-state index in [1.165, 1.54) is 20.2 Å². The Kier molecular flexibility index (Phi) is 5.64. The molecule has 0 spiro atoms. The molecule has 7 heteroatoms. The van der Waals surface area contributed by atoms with Crippen molar-refractivity contribution in [2.24, 2.45) is 0 Å². The summed E-state index contributed by atoms with van der Waals surface area (Å²) in [5, 5.41) is 0. The van der Waals surface area contributed by atoms with Crippen LogP contribution < -0.4 is 0 Å². The molecule has 144 valence electrons. The maximum Gasteiger partial charge on any atom is 0.254 e. The van der Waals surface area contributed by atoms with Crippen molar-refractivity contribution in [1.82, 2.24) is 9.21 Å². The van der Waals surface area contributed by atoms with Gasteiger partial charge in [-0.25, -0.2) is 12.7 Å². The second-order valence-electron chi connectivity index (χ2n) is 6.79. The Balaban J connectivity index is 1.86. The molecule has 0 bridgehead atoms. The summed E-state index contributed by atoms with van der Waals surface area (Å²) < 4.78 is 32.0. The van der Waals surface area contributed by atoms with Crippen LogP contribution in [0, 0.1) is 6.92 Å². The molecule has 2 aromatic carbocycles. The molecular weight excluding hydrogens is 364 g/mol. The molecule has 2 aromatic rings. The van der Waals surface area contributed by atoms with E-state index in [-0.39, 0.29) is 16.9 Å². The van der Waals surface area contributed by atoms with Gasteiger partial charge in [-0.1, -0.05) is 36.4 Å². The van der Waals surface area contributed by atoms with Crippen molar-refractivity contribution in [3.8, 4) is 0 Å². The maximum absolute atomic E-state index is 13.0. The molecule has 0 radical (unpaired) electrons. The molecule has 1 aliphatic heterocycles. The van der Waals surface area contributed by atoms with Gasteiger partial charge in [-0.05, 0) is 30.2 Å². The molecule has 1 saturated heterocycles. The minimum atomic E-state index is -3.61. The number of carbonyl (C=O) groups excluding carboxylic acids is 1. The molecule has 1 atom stereocenters. The summed E-state index contributed by atoms with van der Waals surface area (Å²) in [5.41, 5.74) is 2.01. The van der Waals surface area contributed by atoms with E-state index in [0.717, 1.165) is 9.87 Å². The fraction of sp³-hybridized carbons (Fsp3) is 0.350. The fourth-order valence-corrected chi connectivity index (χ4v) is 4.24. The maximum atomic E-state index is 13.0. The summed E-state index contributed by atoms with van der Waals surface area (Å²) in [6.45, 7) is 3.09. The van der Waals surface area contributed by atoms with Crippen LogP contribution in [-0.4, -0.2) is 57.3 Å². The molecule has 0 saturated carbocycles. The lowest BCUT2D eigenvalue weighted by molar-refractivity contribution is -0.0228. The number of benzene rings is 2. The van der Waals surface area contributed by atoms with E-state index in [9.17, 15) is 13.2 Å². The zero-order chi connectivity index (χ0) is 19.6. The van der Waals surface area contributed by atoms with E-state index in [4.69, 9.17) is 4.74 Å². The van der Waals surface area contributed by atoms with Gasteiger partial charge in [0.2, 0.25) is 10.0 Å². The molecule has 1 heterocycles. The summed E-state index contributed by atoms with van der Waals surface area (Å²) in [5.74, 6) is -0.186. The number of amides is 1. The van der Waals surface area contributed by atoms with Crippen LogP contribution in [0.4, 0.5) is 0 Å². The number of morpholine rings is 1. The second-order valence-corrected chi connectivity index (χ2v) is 8.91. The summed E-state index contributed by atoms with van der Waals surface area (Å²) in [6.07, 6.45) is -0.181. The molecule has 1 fully saturated rings. The number of hydrogen-bond donors (Lipinski definition) is 0. The first-order valence-corrected chi connectivity index (χ1v) is 10.2. The third kappa shape index (κ3) is 4.05. The van der Waals surface area contributed by atoms with Crippen molar-refractivity contribution in [1.29, 1.82) is 0 Å². The Morgan fingerprint density at radius 1 is 1.15 bits per heavy atom. The minimum Gasteiger partial charge on any atom is -0.370 e. The van der Waals surface area contributed by atoms with Crippen molar-refractivity contribution in [2.75, 3.05) is 33.8 Å². The van der Waals surface area contributed by atoms with Gasteiger partial charge < -0.3 is 9.64 Å². The standard InChI is InChI=1S/C20H24N2O4S/c1-15-9-10-17(13-19(15)27(24,25)21(2)3)20(23)22-11-12-26-18(14-22)16-7-5-4-6-8-16/h4-10,13,18H,11-12,14H2,1-3H3. The third-order valence-corrected chi connectivity index (χ3v) is 6.68. The van der Waals surface area contributed by atoms with E-state index in [2.05, 4.69) is 0 Å². The van der Waals surface area contributed by atoms with E-state index in [0.29, 0.717) is 30.8 Å². The quantitative estimate of drug-likeness (QED) is 0.807. The molecule has 1 aliphatic rings. The fourth-order valence-electron chi connectivity index (χ4n) is 3.09. The van der Waals surface area contributed by atoms with Crippen LogP contribution >= 0.6 is 0 Å². The zero-order valence-electron chi connectivity index (χ0n) is 15.8. The molecule has 0 aliphatic carbocycles. The first kappa shape index (κ1) is 19.5. The number of aryl methyl sites for hydroxylation is 1. The monoisotopic (exact) mass is 388 g/mol. The van der Waals surface area contributed by atoms with Gasteiger partial charge in [0.25, 0.3) is 5.91 Å². The van der Waals surface area contributed by atoms with Crippen molar-refractivity contribution in [3.63, 3.8) is 0 Å². The van der Waals surface area contributed by atoms with Crippen LogP contribution in [0.15, 0.2) is 53.4 Å². The largest absolute Gasteiger partial charge is 0.370 e. The highest BCUT2D eigenvalue weighted by atomic mass is 32.2. The SMILES string of the molecule is Cc1ccc(C(=O)N2CCOC(c3ccccc3)C2)cc1S(=O)(=O)N(C)C. The molecule has 0 aromatic heterocycles. The first-order chi connectivity index (χ1) is 12.8. The van der Waals surface area contributed by atoms with Gasteiger partial charge in [0.05, 0.1) is 18.0 Å². The van der Waals surface area contributed by atoms with Crippen LogP contribution in [0.3, 0.4) is 0 Å². The molecule has 27 heavy (non-hydrogen) atoms. The van der Waals surface area contributed by atoms with Gasteiger partial charge in [-0.15, -0.1) is 0 Å². The average Bonchev–Trinajstić information content (AvgIpc) is 2.68. The molecule has 3 rings (SSSR count). The van der Waals surface area contributed by atoms with Crippen molar-refractivity contribution < 1.29 is 17.9 Å². The lowest BCUT2D eigenvalue weighted by Crippen LogP contribution is -2.42. The predicted octanol–water partition coefficient (Wildman–Crippen LogP) is 2.46. The molecule has 1 unspecified atom stereocenters. The Labute approximate surface area is 160 Å². The molecule has 0 N–H and O–H groups in total. The van der Waals surface area contributed by atoms with E-state index >= 15 is 0 Å². The Bertz CT molecular complexity index is 926. The molecule has 1 amide bonds. The minimum absolute atomic E-state index is 0.159. The van der Waals surface area contributed by atoms with Crippen molar-refractivity contribution >= 4 is 15.9 Å². The summed E-state index contributed by atoms with van der Waals surface area (Å²) >= 11 is 0. The van der Waals surface area contributed by atoms with Crippen LogP contribution in [0.2, 0.25) is 0 Å². The first-order valence-electron chi connectivity index (χ1n) is 8.79. The Hall–Kier alpha value is -2.22. The van der Waals surface area contributed by atoms with E-state index < -0.39 is 10.0 Å². The van der Waals surface area contributed by atoms with E-state index in [1.807, 2.05) is 30.3 Å². The third-order valence-electron chi connectivity index (χ3n) is 4.72. The smallest absolute Gasteiger partial charge is 0.254 e. The van der Waals surface area contributed by atoms with Crippen LogP contribution in [-0.2, 0) is 14.8 Å². The highest BCUT2D eigenvalue weighted by Gasteiger charge is 2.28. The van der Waals surface area contributed by atoms with Crippen LogP contribution in [0.5, 0.6) is 0 Å². The Morgan fingerprint density at radius 3 is 2.52 bits per heavy atom. The second kappa shape index (κ2) is 7.80. The van der Waals surface area contributed by atoms with Gasteiger partial charge in [0.1, 0.15) is 6.10 Å². The topological polar surface area (TPSA) is 66.9 Å². The summed E-state index contributed by atoms with van der Waals surface area (Å²) in [7, 11) is -0.646. The number of nitrogens with zero attached hydrogens (tertiary/aromatic N) is 2. The Morgan fingerprint density at radius 2 is 1.85 bits per heavy atom. The van der Waals surface area contributed by atoms with Crippen molar-refractivity contribution in [3.05, 3.63) is 65.2 Å². The lowest BCUT2D eigenvalue weighted by Gasteiger charge is -2.33. The van der Waals surface area contributed by atoms with Gasteiger partial charge in [0.15, 0.2) is 0 Å². The number of hydrogen-bond acceptors (Lipinski definition) is 4. The van der Waals surface area contributed by atoms with Gasteiger partial charge in [-0.3, -0.25) is 4.79 Å². The van der Waals surface area contributed by atoms with Gasteiger partial charge >= 0.3 is 0 Å². The predicted molar refractivity (Wildman–Crippen MR) is 103 cm³/mol. The zero-order valence-corrected chi connectivity index (χ0v) is 16.6. The average molecular weight is 388 g/mol. The normalized spacial score (nSPS) is 17.9. The molecule has 6 nitrogen and oxygen atoms in total. The van der Waals surface area contributed by atoms with E-state index in [1.54, 1.807) is 24.0 Å². The van der Waals surface area contributed by atoms with Crippen molar-refractivity contribution in [2.45, 2.75) is 17.9 Å². The highest BCUT2D eigenvalue weighted by molar-refractivity contribution is 7.89. The number of sulfonamides is 1. The van der Waals surface area contributed by atoms with Crippen LogP contribution in [0.1, 0.15) is 27.6 Å².